The van der Waals surface area contributed by atoms with E-state index in [1.54, 1.807) is 20.8 Å². The Hall–Kier alpha value is -1.73. The molecular formula is C19H30F2N2O3. The van der Waals surface area contributed by atoms with E-state index in [4.69, 9.17) is 4.74 Å². The van der Waals surface area contributed by atoms with E-state index in [0.29, 0.717) is 11.6 Å². The molecule has 1 aliphatic rings. The van der Waals surface area contributed by atoms with Crippen LogP contribution in [0.15, 0.2) is 18.2 Å². The average molecular weight is 372 g/mol. The molecule has 148 valence electrons. The van der Waals surface area contributed by atoms with E-state index in [2.05, 4.69) is 10.6 Å². The summed E-state index contributed by atoms with van der Waals surface area (Å²) in [6, 6.07) is 2.82. The Kier molecular flexibility index (Phi) is 7.96. The van der Waals surface area contributed by atoms with Gasteiger partial charge in [0.25, 0.3) is 0 Å². The van der Waals surface area contributed by atoms with Crippen LogP contribution >= 0.6 is 0 Å². The summed E-state index contributed by atoms with van der Waals surface area (Å²) >= 11 is 0. The lowest BCUT2D eigenvalue weighted by Gasteiger charge is -2.27. The molecule has 0 saturated heterocycles. The van der Waals surface area contributed by atoms with Crippen LogP contribution in [0.4, 0.5) is 13.6 Å². The third-order valence-corrected chi connectivity index (χ3v) is 3.74. The molecule has 3 N–H and O–H groups in total. The van der Waals surface area contributed by atoms with Crippen molar-refractivity contribution < 1.29 is 23.4 Å². The molecule has 7 heteroatoms. The summed E-state index contributed by atoms with van der Waals surface area (Å²) in [5.74, 6) is -1.40. The fourth-order valence-corrected chi connectivity index (χ4v) is 2.44. The minimum absolute atomic E-state index is 0. The van der Waals surface area contributed by atoms with Crippen LogP contribution < -0.4 is 10.6 Å². The highest BCUT2D eigenvalue weighted by molar-refractivity contribution is 5.68. The van der Waals surface area contributed by atoms with Crippen LogP contribution in [0.25, 0.3) is 0 Å². The molecule has 0 heterocycles. The molecule has 1 fully saturated rings. The number of carbonyl (C=O) groups is 1. The molecule has 0 aliphatic heterocycles. The van der Waals surface area contributed by atoms with Gasteiger partial charge in [0.15, 0.2) is 0 Å². The molecule has 1 aromatic rings. The smallest absolute Gasteiger partial charge is 0.407 e. The van der Waals surface area contributed by atoms with Crippen molar-refractivity contribution >= 4 is 6.09 Å². The summed E-state index contributed by atoms with van der Waals surface area (Å²) in [7, 11) is 0. The predicted molar refractivity (Wildman–Crippen MR) is 97.0 cm³/mol. The molecule has 0 spiro atoms. The molecular weight excluding hydrogens is 342 g/mol. The zero-order valence-corrected chi connectivity index (χ0v) is 14.8. The van der Waals surface area contributed by atoms with Crippen molar-refractivity contribution in [3.05, 3.63) is 35.4 Å². The lowest BCUT2D eigenvalue weighted by Crippen LogP contribution is -2.50. The number of alkyl carbamates (subject to hydrolysis) is 1. The maximum absolute atomic E-state index is 13.4. The highest BCUT2D eigenvalue weighted by atomic mass is 19.1. The van der Waals surface area contributed by atoms with Gasteiger partial charge < -0.3 is 20.5 Å². The Morgan fingerprint density at radius 2 is 1.85 bits per heavy atom. The second kappa shape index (κ2) is 9.28. The first-order valence-electron chi connectivity index (χ1n) is 8.48. The summed E-state index contributed by atoms with van der Waals surface area (Å²) in [4.78, 5) is 12.0. The van der Waals surface area contributed by atoms with Crippen molar-refractivity contribution in [2.24, 2.45) is 0 Å². The Balaban J connectivity index is 0.00000338. The average Bonchev–Trinajstić information content (AvgIpc) is 3.25. The molecule has 5 nitrogen and oxygen atoms in total. The molecule has 0 radical (unpaired) electrons. The zero-order valence-electron chi connectivity index (χ0n) is 14.8. The van der Waals surface area contributed by atoms with E-state index >= 15 is 0 Å². The van der Waals surface area contributed by atoms with Crippen LogP contribution in [0, 0.1) is 11.6 Å². The first-order valence-corrected chi connectivity index (χ1v) is 8.48. The summed E-state index contributed by atoms with van der Waals surface area (Å²) < 4.78 is 32.0. The van der Waals surface area contributed by atoms with E-state index < -0.39 is 35.5 Å². The second-order valence-electron chi connectivity index (χ2n) is 7.48. The minimum Gasteiger partial charge on any atom is -0.444 e. The van der Waals surface area contributed by atoms with Gasteiger partial charge in [0, 0.05) is 18.7 Å². The number of rotatable bonds is 7. The molecule has 0 unspecified atom stereocenters. The van der Waals surface area contributed by atoms with Gasteiger partial charge in [-0.2, -0.15) is 0 Å². The maximum atomic E-state index is 13.4. The molecule has 26 heavy (non-hydrogen) atoms. The predicted octanol–water partition coefficient (Wildman–Crippen LogP) is 3.15. The second-order valence-corrected chi connectivity index (χ2v) is 7.48. The normalized spacial score (nSPS) is 16.4. The van der Waals surface area contributed by atoms with Crippen molar-refractivity contribution in [3.8, 4) is 0 Å². The highest BCUT2D eigenvalue weighted by Crippen LogP contribution is 2.19. The number of nitrogens with one attached hydrogen (secondary N) is 2. The lowest BCUT2D eigenvalue weighted by atomic mass is 10.0. The number of amides is 1. The highest BCUT2D eigenvalue weighted by Gasteiger charge is 2.27. The first-order chi connectivity index (χ1) is 11.6. The molecule has 1 saturated carbocycles. The van der Waals surface area contributed by atoms with Crippen molar-refractivity contribution in [2.75, 3.05) is 6.54 Å². The Labute approximate surface area is 154 Å². The molecule has 0 aromatic heterocycles. The topological polar surface area (TPSA) is 70.6 Å². The number of aliphatic hydroxyl groups is 1. The lowest BCUT2D eigenvalue weighted by molar-refractivity contribution is 0.0422. The van der Waals surface area contributed by atoms with Crippen LogP contribution in [0.2, 0.25) is 0 Å². The van der Waals surface area contributed by atoms with Crippen LogP contribution in [0.1, 0.15) is 46.6 Å². The minimum atomic E-state index is -0.917. The van der Waals surface area contributed by atoms with Gasteiger partial charge in [-0.15, -0.1) is 0 Å². The van der Waals surface area contributed by atoms with Crippen molar-refractivity contribution in [2.45, 2.75) is 71.2 Å². The van der Waals surface area contributed by atoms with Gasteiger partial charge >= 0.3 is 6.09 Å². The zero-order chi connectivity index (χ0) is 18.6. The fraction of sp³-hybridized carbons (Fsp3) is 0.632. The molecule has 2 atom stereocenters. The first kappa shape index (κ1) is 22.3. The summed E-state index contributed by atoms with van der Waals surface area (Å²) in [6.45, 7) is 5.47. The maximum Gasteiger partial charge on any atom is 0.407 e. The fourth-order valence-electron chi connectivity index (χ4n) is 2.44. The van der Waals surface area contributed by atoms with E-state index in [1.165, 1.54) is 12.1 Å². The summed E-state index contributed by atoms with van der Waals surface area (Å²) in [5, 5.41) is 16.2. The van der Waals surface area contributed by atoms with Crippen molar-refractivity contribution in [3.63, 3.8) is 0 Å². The van der Waals surface area contributed by atoms with Gasteiger partial charge in [0.2, 0.25) is 0 Å². The van der Waals surface area contributed by atoms with Gasteiger partial charge in [-0.3, -0.25) is 0 Å². The van der Waals surface area contributed by atoms with Crippen molar-refractivity contribution in [1.29, 1.82) is 0 Å². The van der Waals surface area contributed by atoms with Gasteiger partial charge in [-0.25, -0.2) is 13.6 Å². The van der Waals surface area contributed by atoms with E-state index in [-0.39, 0.29) is 20.4 Å². The standard InChI is InChI=1S/C18H26F2N2O3.CH4/c1-18(2,3)25-17(24)22-15(16(23)10-21-14-4-5-14)8-11-6-12(19)9-13(20)7-11;/h6-7,9,14-16,21,23H,4-5,8,10H2,1-3H3,(H,22,24);1H4/t15-,16+;/m0./s1. The summed E-state index contributed by atoms with van der Waals surface area (Å²) in [6.07, 6.45) is 0.610. The van der Waals surface area contributed by atoms with Crippen LogP contribution in [-0.2, 0) is 11.2 Å². The van der Waals surface area contributed by atoms with Crippen LogP contribution in [0.3, 0.4) is 0 Å². The number of hydrogen-bond donors (Lipinski definition) is 3. The molecule has 1 aliphatic carbocycles. The largest absolute Gasteiger partial charge is 0.444 e. The molecule has 1 aromatic carbocycles. The van der Waals surface area contributed by atoms with Gasteiger partial charge in [0.1, 0.15) is 17.2 Å². The number of ether oxygens (including phenoxy) is 1. The molecule has 2 rings (SSSR count). The van der Waals surface area contributed by atoms with Crippen LogP contribution in [-0.4, -0.2) is 41.5 Å². The number of aliphatic hydroxyl groups excluding tert-OH is 1. The van der Waals surface area contributed by atoms with Crippen LogP contribution in [0.5, 0.6) is 0 Å². The number of halogens is 2. The molecule has 1 amide bonds. The Bertz CT molecular complexity index is 581. The third kappa shape index (κ3) is 8.10. The van der Waals surface area contributed by atoms with E-state index in [1.807, 2.05) is 0 Å². The van der Waals surface area contributed by atoms with Crippen molar-refractivity contribution in [1.82, 2.24) is 10.6 Å². The van der Waals surface area contributed by atoms with E-state index in [9.17, 15) is 18.7 Å². The number of hydrogen-bond acceptors (Lipinski definition) is 4. The monoisotopic (exact) mass is 372 g/mol. The number of carbonyl (C=O) groups excluding carboxylic acids is 1. The van der Waals surface area contributed by atoms with Gasteiger partial charge in [-0.1, -0.05) is 7.43 Å². The number of benzene rings is 1. The Morgan fingerprint density at radius 3 is 2.35 bits per heavy atom. The molecule has 0 bridgehead atoms. The SMILES string of the molecule is C.CC(C)(C)OC(=O)N[C@@H](Cc1cc(F)cc(F)c1)[C@H](O)CNC1CC1. The summed E-state index contributed by atoms with van der Waals surface area (Å²) in [5.41, 5.74) is -0.333. The van der Waals surface area contributed by atoms with Gasteiger partial charge in [0.05, 0.1) is 12.1 Å². The Morgan fingerprint density at radius 1 is 1.27 bits per heavy atom. The third-order valence-electron chi connectivity index (χ3n) is 3.74. The van der Waals surface area contributed by atoms with Gasteiger partial charge in [-0.05, 0) is 57.7 Å². The van der Waals surface area contributed by atoms with E-state index in [0.717, 1.165) is 18.9 Å². The quantitative estimate of drug-likeness (QED) is 0.688.